The summed E-state index contributed by atoms with van der Waals surface area (Å²) in [5.41, 5.74) is -0.0152. The van der Waals surface area contributed by atoms with Crippen molar-refractivity contribution in [3.63, 3.8) is 0 Å². The first kappa shape index (κ1) is 14.6. The highest BCUT2D eigenvalue weighted by Crippen LogP contribution is 2.12. The normalized spacial score (nSPS) is 10.5. The lowest BCUT2D eigenvalue weighted by Crippen LogP contribution is -2.26. The fourth-order valence-corrected chi connectivity index (χ4v) is 2.35. The number of halogens is 2. The molecule has 0 aliphatic heterocycles. The predicted octanol–water partition coefficient (Wildman–Crippen LogP) is 3.22. The van der Waals surface area contributed by atoms with Crippen molar-refractivity contribution >= 4 is 17.7 Å². The summed E-state index contributed by atoms with van der Waals surface area (Å²) >= 11 is 1.60. The van der Waals surface area contributed by atoms with Crippen LogP contribution >= 0.6 is 11.8 Å². The second kappa shape index (κ2) is 7.09. The molecule has 6 heteroatoms. The van der Waals surface area contributed by atoms with Gasteiger partial charge in [0.2, 0.25) is 0 Å². The number of nitrogens with one attached hydrogen (secondary N) is 1. The van der Waals surface area contributed by atoms with Crippen LogP contribution in [0.15, 0.2) is 41.0 Å². The molecule has 1 aromatic heterocycles. The molecule has 1 heterocycles. The molecule has 20 heavy (non-hydrogen) atoms. The number of rotatable bonds is 6. The fourth-order valence-electron chi connectivity index (χ4n) is 1.59. The third-order valence-electron chi connectivity index (χ3n) is 2.48. The number of hydrogen-bond donors (Lipinski definition) is 1. The van der Waals surface area contributed by atoms with Crippen molar-refractivity contribution in [2.45, 2.75) is 5.75 Å². The highest BCUT2D eigenvalue weighted by Gasteiger charge is 2.08. The van der Waals surface area contributed by atoms with Crippen LogP contribution < -0.4 is 5.32 Å². The first-order valence-corrected chi connectivity index (χ1v) is 7.15. The second-order valence-electron chi connectivity index (χ2n) is 4.05. The van der Waals surface area contributed by atoms with Crippen molar-refractivity contribution < 1.29 is 18.0 Å². The Balaban J connectivity index is 1.72. The standard InChI is InChI=1S/C14H13F2NO2S/c15-11-6-10(7-12(16)8-11)14(18)17-3-5-20-9-13-2-1-4-19-13/h1-2,4,6-8H,3,5,9H2,(H,17,18). The maximum Gasteiger partial charge on any atom is 0.251 e. The lowest BCUT2D eigenvalue weighted by molar-refractivity contribution is 0.0955. The van der Waals surface area contributed by atoms with Crippen LogP contribution in [0.3, 0.4) is 0 Å². The van der Waals surface area contributed by atoms with Crippen molar-refractivity contribution in [1.29, 1.82) is 0 Å². The van der Waals surface area contributed by atoms with Crippen LogP contribution in [0, 0.1) is 11.6 Å². The zero-order chi connectivity index (χ0) is 14.4. The molecule has 0 aliphatic rings. The molecule has 0 radical (unpaired) electrons. The van der Waals surface area contributed by atoms with E-state index in [1.54, 1.807) is 18.0 Å². The van der Waals surface area contributed by atoms with E-state index in [1.165, 1.54) is 0 Å². The molecule has 0 spiro atoms. The largest absolute Gasteiger partial charge is 0.468 e. The van der Waals surface area contributed by atoms with E-state index >= 15 is 0 Å². The Hall–Kier alpha value is -1.82. The molecule has 0 saturated heterocycles. The summed E-state index contributed by atoms with van der Waals surface area (Å²) in [5, 5.41) is 2.61. The van der Waals surface area contributed by atoms with Crippen molar-refractivity contribution in [3.8, 4) is 0 Å². The van der Waals surface area contributed by atoms with Gasteiger partial charge in [0, 0.05) is 23.9 Å². The molecule has 1 N–H and O–H groups in total. The van der Waals surface area contributed by atoms with Crippen LogP contribution in [-0.2, 0) is 5.75 Å². The number of carbonyl (C=O) groups excluding carboxylic acids is 1. The van der Waals surface area contributed by atoms with Gasteiger partial charge in [0.15, 0.2) is 0 Å². The second-order valence-corrected chi connectivity index (χ2v) is 5.15. The van der Waals surface area contributed by atoms with Gasteiger partial charge >= 0.3 is 0 Å². The Morgan fingerprint density at radius 1 is 1.25 bits per heavy atom. The first-order valence-electron chi connectivity index (χ1n) is 5.99. The van der Waals surface area contributed by atoms with Gasteiger partial charge in [-0.15, -0.1) is 0 Å². The number of thioether (sulfide) groups is 1. The number of furan rings is 1. The van der Waals surface area contributed by atoms with Gasteiger partial charge in [-0.25, -0.2) is 8.78 Å². The molecule has 3 nitrogen and oxygen atoms in total. The van der Waals surface area contributed by atoms with Gasteiger partial charge < -0.3 is 9.73 Å². The minimum absolute atomic E-state index is 0.0152. The van der Waals surface area contributed by atoms with E-state index in [-0.39, 0.29) is 5.56 Å². The van der Waals surface area contributed by atoms with E-state index in [9.17, 15) is 13.6 Å². The van der Waals surface area contributed by atoms with Crippen LogP contribution in [0.5, 0.6) is 0 Å². The van der Waals surface area contributed by atoms with Crippen LogP contribution in [0.25, 0.3) is 0 Å². The molecule has 1 amide bonds. The topological polar surface area (TPSA) is 42.2 Å². The summed E-state index contributed by atoms with van der Waals surface area (Å²) in [6.07, 6.45) is 1.61. The third kappa shape index (κ3) is 4.38. The van der Waals surface area contributed by atoms with Crippen molar-refractivity contribution in [2.24, 2.45) is 0 Å². The average Bonchev–Trinajstić information content (AvgIpc) is 2.90. The van der Waals surface area contributed by atoms with Crippen LogP contribution in [-0.4, -0.2) is 18.2 Å². The zero-order valence-corrected chi connectivity index (χ0v) is 11.4. The van der Waals surface area contributed by atoms with E-state index in [0.717, 1.165) is 29.7 Å². The Labute approximate surface area is 119 Å². The summed E-state index contributed by atoms with van der Waals surface area (Å²) in [7, 11) is 0. The van der Waals surface area contributed by atoms with Gasteiger partial charge in [0.25, 0.3) is 5.91 Å². The molecule has 2 aromatic rings. The number of benzene rings is 1. The predicted molar refractivity (Wildman–Crippen MR) is 73.6 cm³/mol. The summed E-state index contributed by atoms with van der Waals surface area (Å²) in [6, 6.07) is 6.44. The monoisotopic (exact) mass is 297 g/mol. The highest BCUT2D eigenvalue weighted by molar-refractivity contribution is 7.98. The van der Waals surface area contributed by atoms with E-state index in [4.69, 9.17) is 4.42 Å². The minimum atomic E-state index is -0.762. The first-order chi connectivity index (χ1) is 9.65. The highest BCUT2D eigenvalue weighted by atomic mass is 32.2. The van der Waals surface area contributed by atoms with Crippen molar-refractivity contribution in [3.05, 3.63) is 59.6 Å². The summed E-state index contributed by atoms with van der Waals surface area (Å²) in [5.74, 6) is 0.266. The van der Waals surface area contributed by atoms with Crippen LogP contribution in [0.1, 0.15) is 16.1 Å². The average molecular weight is 297 g/mol. The Bertz CT molecular complexity index is 552. The number of hydrogen-bond acceptors (Lipinski definition) is 3. The molecule has 0 bridgehead atoms. The molecule has 0 atom stereocenters. The Morgan fingerprint density at radius 3 is 2.65 bits per heavy atom. The fraction of sp³-hybridized carbons (Fsp3) is 0.214. The number of carbonyl (C=O) groups is 1. The summed E-state index contributed by atoms with van der Waals surface area (Å²) in [6.45, 7) is 0.419. The van der Waals surface area contributed by atoms with E-state index in [2.05, 4.69) is 5.32 Å². The van der Waals surface area contributed by atoms with E-state index in [1.807, 2.05) is 12.1 Å². The quantitative estimate of drug-likeness (QED) is 0.832. The summed E-state index contributed by atoms with van der Waals surface area (Å²) in [4.78, 5) is 11.7. The molecular formula is C14H13F2NO2S. The smallest absolute Gasteiger partial charge is 0.251 e. The lowest BCUT2D eigenvalue weighted by Gasteiger charge is -2.05. The van der Waals surface area contributed by atoms with Crippen LogP contribution in [0.4, 0.5) is 8.78 Å². The van der Waals surface area contributed by atoms with Crippen LogP contribution in [0.2, 0.25) is 0 Å². The molecular weight excluding hydrogens is 284 g/mol. The minimum Gasteiger partial charge on any atom is -0.468 e. The Morgan fingerprint density at radius 2 is 2.00 bits per heavy atom. The maximum absolute atomic E-state index is 13.0. The molecule has 0 unspecified atom stereocenters. The maximum atomic E-state index is 13.0. The molecule has 0 aliphatic carbocycles. The van der Waals surface area contributed by atoms with Gasteiger partial charge in [-0.2, -0.15) is 11.8 Å². The van der Waals surface area contributed by atoms with Crippen molar-refractivity contribution in [2.75, 3.05) is 12.3 Å². The third-order valence-corrected chi connectivity index (χ3v) is 3.46. The SMILES string of the molecule is O=C(NCCSCc1ccco1)c1cc(F)cc(F)c1. The number of amides is 1. The molecule has 1 aromatic carbocycles. The van der Waals surface area contributed by atoms with E-state index in [0.29, 0.717) is 12.3 Å². The molecule has 0 fully saturated rings. The van der Waals surface area contributed by atoms with Gasteiger partial charge in [0.1, 0.15) is 17.4 Å². The Kier molecular flexibility index (Phi) is 5.17. The van der Waals surface area contributed by atoms with Gasteiger partial charge in [-0.1, -0.05) is 0 Å². The van der Waals surface area contributed by atoms with Gasteiger partial charge in [0.05, 0.1) is 12.0 Å². The molecule has 2 rings (SSSR count). The molecule has 106 valence electrons. The van der Waals surface area contributed by atoms with Crippen molar-refractivity contribution in [1.82, 2.24) is 5.32 Å². The van der Waals surface area contributed by atoms with Gasteiger partial charge in [-0.05, 0) is 24.3 Å². The van der Waals surface area contributed by atoms with Gasteiger partial charge in [-0.3, -0.25) is 4.79 Å². The van der Waals surface area contributed by atoms with E-state index < -0.39 is 17.5 Å². The summed E-state index contributed by atoms with van der Waals surface area (Å²) < 4.78 is 31.1. The zero-order valence-electron chi connectivity index (χ0n) is 10.6. The lowest BCUT2D eigenvalue weighted by atomic mass is 10.2. The molecule has 0 saturated carbocycles.